The van der Waals surface area contributed by atoms with Crippen LogP contribution in [-0.4, -0.2) is 34.6 Å². The number of pyridine rings is 1. The van der Waals surface area contributed by atoms with Gasteiger partial charge < -0.3 is 10.2 Å². The maximum atomic E-state index is 4.32. The summed E-state index contributed by atoms with van der Waals surface area (Å²) in [5.74, 6) is 1.19. The first kappa shape index (κ1) is 14.7. The van der Waals surface area contributed by atoms with E-state index in [9.17, 15) is 0 Å². The molecular formula is C15H25N3S. The Morgan fingerprint density at radius 2 is 2.26 bits per heavy atom. The molecule has 0 bridgehead atoms. The van der Waals surface area contributed by atoms with Crippen LogP contribution in [0, 0.1) is 0 Å². The number of nitrogens with zero attached hydrogens (tertiary/aromatic N) is 2. The quantitative estimate of drug-likeness (QED) is 0.917. The topological polar surface area (TPSA) is 28.2 Å². The van der Waals surface area contributed by atoms with Gasteiger partial charge in [-0.25, -0.2) is 0 Å². The van der Waals surface area contributed by atoms with Crippen molar-refractivity contribution in [2.75, 3.05) is 23.7 Å². The molecule has 1 aromatic heterocycles. The summed E-state index contributed by atoms with van der Waals surface area (Å²) in [6, 6.07) is 2.65. The van der Waals surface area contributed by atoms with Gasteiger partial charge in [-0.3, -0.25) is 4.98 Å². The number of nitrogens with one attached hydrogen (secondary N) is 1. The van der Waals surface area contributed by atoms with Crippen LogP contribution in [0.4, 0.5) is 5.69 Å². The fourth-order valence-electron chi connectivity index (χ4n) is 2.39. The maximum absolute atomic E-state index is 4.32. The van der Waals surface area contributed by atoms with E-state index >= 15 is 0 Å². The lowest BCUT2D eigenvalue weighted by molar-refractivity contribution is 0.584. The lowest BCUT2D eigenvalue weighted by Gasteiger charge is -2.39. The highest BCUT2D eigenvalue weighted by atomic mass is 32.2. The summed E-state index contributed by atoms with van der Waals surface area (Å²) in [5.41, 5.74) is 2.65. The first-order valence-corrected chi connectivity index (χ1v) is 8.02. The molecule has 1 N–H and O–H groups in total. The van der Waals surface area contributed by atoms with Crippen LogP contribution in [0.2, 0.25) is 0 Å². The van der Waals surface area contributed by atoms with Crippen LogP contribution in [0.3, 0.4) is 0 Å². The van der Waals surface area contributed by atoms with E-state index in [4.69, 9.17) is 0 Å². The number of aromatic nitrogens is 1. The lowest BCUT2D eigenvalue weighted by atomic mass is 10.1. The number of hydrogen-bond donors (Lipinski definition) is 1. The third-order valence-corrected chi connectivity index (χ3v) is 4.65. The molecule has 3 nitrogen and oxygen atoms in total. The smallest absolute Gasteiger partial charge is 0.0599 e. The van der Waals surface area contributed by atoms with Crippen molar-refractivity contribution in [1.29, 1.82) is 0 Å². The molecule has 1 saturated heterocycles. The lowest BCUT2D eigenvalue weighted by Crippen LogP contribution is -2.43. The summed E-state index contributed by atoms with van der Waals surface area (Å²) in [7, 11) is 0. The molecule has 1 aliphatic heterocycles. The monoisotopic (exact) mass is 279 g/mol. The van der Waals surface area contributed by atoms with Crippen LogP contribution >= 0.6 is 11.8 Å². The number of hydrogen-bond acceptors (Lipinski definition) is 4. The van der Waals surface area contributed by atoms with Gasteiger partial charge in [0.25, 0.3) is 0 Å². The van der Waals surface area contributed by atoms with Crippen LogP contribution in [0.25, 0.3) is 0 Å². The molecule has 1 aliphatic rings. The van der Waals surface area contributed by atoms with Gasteiger partial charge in [0.15, 0.2) is 0 Å². The fourth-order valence-corrected chi connectivity index (χ4v) is 3.50. The molecule has 0 radical (unpaired) electrons. The highest BCUT2D eigenvalue weighted by molar-refractivity contribution is 8.00. The van der Waals surface area contributed by atoms with E-state index in [2.05, 4.69) is 60.7 Å². The summed E-state index contributed by atoms with van der Waals surface area (Å²) in [4.78, 5) is 6.81. The normalized spacial score (nSPS) is 18.9. The minimum Gasteiger partial charge on any atom is -0.368 e. The van der Waals surface area contributed by atoms with Crippen molar-refractivity contribution in [3.05, 3.63) is 24.0 Å². The molecule has 0 atom stereocenters. The summed E-state index contributed by atoms with van der Waals surface area (Å²) >= 11 is 2.07. The van der Waals surface area contributed by atoms with Crippen molar-refractivity contribution in [3.8, 4) is 0 Å². The van der Waals surface area contributed by atoms with Gasteiger partial charge in [-0.15, -0.1) is 0 Å². The minimum atomic E-state index is 0.330. The van der Waals surface area contributed by atoms with E-state index in [1.165, 1.54) is 17.0 Å². The van der Waals surface area contributed by atoms with E-state index in [1.807, 2.05) is 12.4 Å². The SMILES string of the molecule is CC(C)NCc1ccncc1N1CCSC(C)(C)C1. The number of rotatable bonds is 4. The maximum Gasteiger partial charge on any atom is 0.0599 e. The van der Waals surface area contributed by atoms with Crippen LogP contribution in [0.1, 0.15) is 33.3 Å². The second-order valence-electron chi connectivity index (χ2n) is 6.07. The van der Waals surface area contributed by atoms with Crippen LogP contribution < -0.4 is 10.2 Å². The molecule has 0 saturated carbocycles. The van der Waals surface area contributed by atoms with E-state index in [0.29, 0.717) is 10.8 Å². The predicted octanol–water partition coefficient (Wildman–Crippen LogP) is 2.91. The standard InChI is InChI=1S/C15H25N3S/c1-12(2)17-9-13-5-6-16-10-14(13)18-7-8-19-15(3,4)11-18/h5-6,10,12,17H,7-9,11H2,1-4H3. The van der Waals surface area contributed by atoms with Gasteiger partial charge in [-0.05, 0) is 25.5 Å². The molecule has 4 heteroatoms. The van der Waals surface area contributed by atoms with Gasteiger partial charge >= 0.3 is 0 Å². The molecule has 1 fully saturated rings. The molecule has 106 valence electrons. The zero-order chi connectivity index (χ0) is 13.9. The number of anilines is 1. The third kappa shape index (κ3) is 4.11. The summed E-state index contributed by atoms with van der Waals surface area (Å²) in [5, 5.41) is 3.50. The van der Waals surface area contributed by atoms with Gasteiger partial charge in [0.1, 0.15) is 0 Å². The van der Waals surface area contributed by atoms with E-state index in [1.54, 1.807) is 0 Å². The Bertz CT molecular complexity index is 418. The second-order valence-corrected chi connectivity index (χ2v) is 7.87. The molecule has 19 heavy (non-hydrogen) atoms. The van der Waals surface area contributed by atoms with Crippen LogP contribution in [0.5, 0.6) is 0 Å². The molecule has 2 heterocycles. The van der Waals surface area contributed by atoms with Crippen molar-refractivity contribution in [1.82, 2.24) is 10.3 Å². The Balaban J connectivity index is 2.14. The number of thioether (sulfide) groups is 1. The Morgan fingerprint density at radius 1 is 1.47 bits per heavy atom. The highest BCUT2D eigenvalue weighted by Gasteiger charge is 2.28. The van der Waals surface area contributed by atoms with Gasteiger partial charge in [-0.2, -0.15) is 11.8 Å². The Hall–Kier alpha value is -0.740. The molecule has 2 rings (SSSR count). The molecule has 0 unspecified atom stereocenters. The molecular weight excluding hydrogens is 254 g/mol. The molecule has 1 aromatic rings. The Kier molecular flexibility index (Phi) is 4.74. The molecule has 0 spiro atoms. The average molecular weight is 279 g/mol. The van der Waals surface area contributed by atoms with Crippen molar-refractivity contribution in [2.45, 2.75) is 45.0 Å². The van der Waals surface area contributed by atoms with Gasteiger partial charge in [-0.1, -0.05) is 13.8 Å². The predicted molar refractivity (Wildman–Crippen MR) is 85.0 cm³/mol. The zero-order valence-electron chi connectivity index (χ0n) is 12.4. The highest BCUT2D eigenvalue weighted by Crippen LogP contribution is 2.33. The minimum absolute atomic E-state index is 0.330. The molecule has 0 aliphatic carbocycles. The van der Waals surface area contributed by atoms with E-state index < -0.39 is 0 Å². The Labute approximate surface area is 121 Å². The average Bonchev–Trinajstić information content (AvgIpc) is 2.35. The van der Waals surface area contributed by atoms with Crippen LogP contribution in [0.15, 0.2) is 18.5 Å². The van der Waals surface area contributed by atoms with E-state index in [0.717, 1.165) is 19.6 Å². The van der Waals surface area contributed by atoms with Crippen molar-refractivity contribution >= 4 is 17.4 Å². The largest absolute Gasteiger partial charge is 0.368 e. The van der Waals surface area contributed by atoms with E-state index in [-0.39, 0.29) is 0 Å². The summed E-state index contributed by atoms with van der Waals surface area (Å²) < 4.78 is 0.330. The first-order valence-electron chi connectivity index (χ1n) is 7.03. The summed E-state index contributed by atoms with van der Waals surface area (Å²) in [6.45, 7) is 12.1. The first-order chi connectivity index (χ1) is 8.98. The second kappa shape index (κ2) is 6.14. The van der Waals surface area contributed by atoms with Crippen LogP contribution in [-0.2, 0) is 6.54 Å². The van der Waals surface area contributed by atoms with Gasteiger partial charge in [0.05, 0.1) is 11.9 Å². The molecule has 0 aromatic carbocycles. The summed E-state index contributed by atoms with van der Waals surface area (Å²) in [6.07, 6.45) is 3.91. The Morgan fingerprint density at radius 3 is 2.95 bits per heavy atom. The van der Waals surface area contributed by atoms with Crippen molar-refractivity contribution in [3.63, 3.8) is 0 Å². The zero-order valence-corrected chi connectivity index (χ0v) is 13.3. The fraction of sp³-hybridized carbons (Fsp3) is 0.667. The van der Waals surface area contributed by atoms with Gasteiger partial charge in [0.2, 0.25) is 0 Å². The molecule has 0 amide bonds. The van der Waals surface area contributed by atoms with Crippen molar-refractivity contribution in [2.24, 2.45) is 0 Å². The third-order valence-electron chi connectivity index (χ3n) is 3.35. The van der Waals surface area contributed by atoms with Crippen molar-refractivity contribution < 1.29 is 0 Å². The van der Waals surface area contributed by atoms with Gasteiger partial charge in [0, 0.05) is 42.4 Å².